The number of carbonyl (C=O) groups is 1. The minimum absolute atomic E-state index is 0. The summed E-state index contributed by atoms with van der Waals surface area (Å²) < 4.78 is 0. The zero-order valence-electron chi connectivity index (χ0n) is 15.2. The molecule has 0 bridgehead atoms. The SMILES string of the molecule is CN=C(NCCN1CCCCC1)NCc1ccc(C(=O)NC)cc1.I. The molecule has 1 aromatic rings. The number of halogens is 1. The van der Waals surface area contributed by atoms with E-state index >= 15 is 0 Å². The van der Waals surface area contributed by atoms with Crippen molar-refractivity contribution in [1.29, 1.82) is 0 Å². The topological polar surface area (TPSA) is 68.8 Å². The van der Waals surface area contributed by atoms with Gasteiger partial charge in [-0.15, -0.1) is 24.0 Å². The molecule has 0 unspecified atom stereocenters. The van der Waals surface area contributed by atoms with E-state index in [0.29, 0.717) is 12.1 Å². The predicted molar refractivity (Wildman–Crippen MR) is 114 cm³/mol. The van der Waals surface area contributed by atoms with Crippen LogP contribution in [0.25, 0.3) is 0 Å². The van der Waals surface area contributed by atoms with Gasteiger partial charge in [0.05, 0.1) is 0 Å². The average Bonchev–Trinajstić information content (AvgIpc) is 2.65. The number of carbonyl (C=O) groups excluding carboxylic acids is 1. The van der Waals surface area contributed by atoms with Crippen LogP contribution in [-0.4, -0.2) is 57.0 Å². The fourth-order valence-electron chi connectivity index (χ4n) is 2.84. The predicted octanol–water partition coefficient (Wildman–Crippen LogP) is 1.82. The average molecular weight is 459 g/mol. The Morgan fingerprint density at radius 2 is 1.80 bits per heavy atom. The fourth-order valence-corrected chi connectivity index (χ4v) is 2.84. The van der Waals surface area contributed by atoms with E-state index in [4.69, 9.17) is 0 Å². The first kappa shape index (κ1) is 21.7. The number of hydrogen-bond acceptors (Lipinski definition) is 3. The summed E-state index contributed by atoms with van der Waals surface area (Å²) in [6.07, 6.45) is 4.00. The number of piperidine rings is 1. The van der Waals surface area contributed by atoms with E-state index in [1.807, 2.05) is 24.3 Å². The molecular weight excluding hydrogens is 429 g/mol. The highest BCUT2D eigenvalue weighted by molar-refractivity contribution is 14.0. The van der Waals surface area contributed by atoms with Crippen molar-refractivity contribution in [2.75, 3.05) is 40.3 Å². The summed E-state index contributed by atoms with van der Waals surface area (Å²) in [6, 6.07) is 7.59. The molecule has 0 aliphatic carbocycles. The Morgan fingerprint density at radius 1 is 1.12 bits per heavy atom. The van der Waals surface area contributed by atoms with Crippen molar-refractivity contribution in [2.45, 2.75) is 25.8 Å². The number of rotatable bonds is 6. The van der Waals surface area contributed by atoms with Gasteiger partial charge in [0, 0.05) is 39.3 Å². The highest BCUT2D eigenvalue weighted by atomic mass is 127. The smallest absolute Gasteiger partial charge is 0.251 e. The molecule has 1 heterocycles. The maximum absolute atomic E-state index is 11.5. The molecular formula is C18H30IN5O. The van der Waals surface area contributed by atoms with Crippen LogP contribution in [0.15, 0.2) is 29.3 Å². The number of aliphatic imine (C=N–C) groups is 1. The number of guanidine groups is 1. The number of likely N-dealkylation sites (tertiary alicyclic amines) is 1. The highest BCUT2D eigenvalue weighted by Crippen LogP contribution is 2.07. The van der Waals surface area contributed by atoms with Gasteiger partial charge >= 0.3 is 0 Å². The van der Waals surface area contributed by atoms with Gasteiger partial charge in [-0.1, -0.05) is 18.6 Å². The fraction of sp³-hybridized carbons (Fsp3) is 0.556. The molecule has 1 aliphatic rings. The van der Waals surface area contributed by atoms with Gasteiger partial charge in [-0.25, -0.2) is 0 Å². The van der Waals surface area contributed by atoms with Crippen LogP contribution in [0.1, 0.15) is 35.2 Å². The van der Waals surface area contributed by atoms with Gasteiger partial charge < -0.3 is 20.9 Å². The molecule has 1 amide bonds. The van der Waals surface area contributed by atoms with Crippen LogP contribution >= 0.6 is 24.0 Å². The van der Waals surface area contributed by atoms with Crippen LogP contribution < -0.4 is 16.0 Å². The lowest BCUT2D eigenvalue weighted by Gasteiger charge is -2.26. The van der Waals surface area contributed by atoms with E-state index in [2.05, 4.69) is 25.8 Å². The Morgan fingerprint density at radius 3 is 2.40 bits per heavy atom. The standard InChI is InChI=1S/C18H29N5O.HI/c1-19-17(24)16-8-6-15(7-9-16)14-22-18(20-2)21-10-13-23-11-4-3-5-12-23;/h6-9H,3-5,10-14H2,1-2H3,(H,19,24)(H2,20,21,22);1H. The van der Waals surface area contributed by atoms with Crippen molar-refractivity contribution in [1.82, 2.24) is 20.9 Å². The van der Waals surface area contributed by atoms with Crippen LogP contribution in [0.3, 0.4) is 0 Å². The maximum Gasteiger partial charge on any atom is 0.251 e. The van der Waals surface area contributed by atoms with Gasteiger partial charge in [0.2, 0.25) is 0 Å². The molecule has 0 radical (unpaired) electrons. The molecule has 140 valence electrons. The monoisotopic (exact) mass is 459 g/mol. The molecule has 0 atom stereocenters. The number of hydrogen-bond donors (Lipinski definition) is 3. The van der Waals surface area contributed by atoms with E-state index in [1.165, 1.54) is 32.4 Å². The summed E-state index contributed by atoms with van der Waals surface area (Å²) in [7, 11) is 3.42. The van der Waals surface area contributed by atoms with Crippen molar-refractivity contribution >= 4 is 35.8 Å². The van der Waals surface area contributed by atoms with E-state index in [1.54, 1.807) is 14.1 Å². The molecule has 1 aliphatic heterocycles. The number of benzene rings is 1. The van der Waals surface area contributed by atoms with Gasteiger partial charge in [-0.05, 0) is 43.6 Å². The van der Waals surface area contributed by atoms with Crippen LogP contribution in [0.2, 0.25) is 0 Å². The van der Waals surface area contributed by atoms with Crippen LogP contribution in [0, 0.1) is 0 Å². The Labute approximate surface area is 167 Å². The summed E-state index contributed by atoms with van der Waals surface area (Å²) in [6.45, 7) is 5.06. The highest BCUT2D eigenvalue weighted by Gasteiger charge is 2.09. The van der Waals surface area contributed by atoms with E-state index in [9.17, 15) is 4.79 Å². The van der Waals surface area contributed by atoms with Crippen molar-refractivity contribution < 1.29 is 4.79 Å². The lowest BCUT2D eigenvalue weighted by atomic mass is 10.1. The van der Waals surface area contributed by atoms with E-state index in [-0.39, 0.29) is 29.9 Å². The summed E-state index contributed by atoms with van der Waals surface area (Å²) in [4.78, 5) is 18.3. The number of nitrogens with one attached hydrogen (secondary N) is 3. The molecule has 1 saturated heterocycles. The first-order valence-corrected chi connectivity index (χ1v) is 8.71. The van der Waals surface area contributed by atoms with E-state index < -0.39 is 0 Å². The third-order valence-corrected chi connectivity index (χ3v) is 4.30. The summed E-state index contributed by atoms with van der Waals surface area (Å²) >= 11 is 0. The molecule has 3 N–H and O–H groups in total. The minimum Gasteiger partial charge on any atom is -0.355 e. The van der Waals surface area contributed by atoms with Gasteiger partial charge in [-0.2, -0.15) is 0 Å². The Balaban J connectivity index is 0.00000312. The Bertz CT molecular complexity index is 541. The van der Waals surface area contributed by atoms with Gasteiger partial charge in [0.15, 0.2) is 5.96 Å². The summed E-state index contributed by atoms with van der Waals surface area (Å²) in [5, 5.41) is 9.29. The molecule has 0 aromatic heterocycles. The summed E-state index contributed by atoms with van der Waals surface area (Å²) in [5.41, 5.74) is 1.78. The number of amides is 1. The first-order valence-electron chi connectivity index (χ1n) is 8.71. The molecule has 0 saturated carbocycles. The number of nitrogens with zero attached hydrogens (tertiary/aromatic N) is 2. The molecule has 25 heavy (non-hydrogen) atoms. The van der Waals surface area contributed by atoms with Gasteiger partial charge in [0.1, 0.15) is 0 Å². The third-order valence-electron chi connectivity index (χ3n) is 4.30. The van der Waals surface area contributed by atoms with E-state index in [0.717, 1.165) is 24.6 Å². The molecule has 2 rings (SSSR count). The van der Waals surface area contributed by atoms with Crippen LogP contribution in [-0.2, 0) is 6.54 Å². The lowest BCUT2D eigenvalue weighted by molar-refractivity contribution is 0.0963. The first-order chi connectivity index (χ1) is 11.7. The van der Waals surface area contributed by atoms with Crippen LogP contribution in [0.5, 0.6) is 0 Å². The lowest BCUT2D eigenvalue weighted by Crippen LogP contribution is -2.42. The molecule has 1 aromatic carbocycles. The molecule has 6 nitrogen and oxygen atoms in total. The van der Waals surface area contributed by atoms with Gasteiger partial charge in [-0.3, -0.25) is 9.79 Å². The van der Waals surface area contributed by atoms with Crippen LogP contribution in [0.4, 0.5) is 0 Å². The van der Waals surface area contributed by atoms with Crippen molar-refractivity contribution in [2.24, 2.45) is 4.99 Å². The van der Waals surface area contributed by atoms with Crippen molar-refractivity contribution in [3.63, 3.8) is 0 Å². The zero-order chi connectivity index (χ0) is 17.2. The maximum atomic E-state index is 11.5. The Kier molecular flexibility index (Phi) is 10.5. The summed E-state index contributed by atoms with van der Waals surface area (Å²) in [5.74, 6) is 0.743. The van der Waals surface area contributed by atoms with Gasteiger partial charge in [0.25, 0.3) is 5.91 Å². The minimum atomic E-state index is -0.0651. The third kappa shape index (κ3) is 7.60. The largest absolute Gasteiger partial charge is 0.355 e. The second kappa shape index (κ2) is 12.1. The zero-order valence-corrected chi connectivity index (χ0v) is 17.5. The molecule has 1 fully saturated rings. The second-order valence-electron chi connectivity index (χ2n) is 6.03. The quantitative estimate of drug-likeness (QED) is 0.345. The van der Waals surface area contributed by atoms with Crippen molar-refractivity contribution in [3.8, 4) is 0 Å². The molecule has 0 spiro atoms. The molecule has 7 heteroatoms. The second-order valence-corrected chi connectivity index (χ2v) is 6.03. The van der Waals surface area contributed by atoms with Crippen molar-refractivity contribution in [3.05, 3.63) is 35.4 Å². The Hall–Kier alpha value is -1.35. The normalized spacial score (nSPS) is 15.2.